The van der Waals surface area contributed by atoms with Gasteiger partial charge in [-0.25, -0.2) is 0 Å². The third-order valence-corrected chi connectivity index (χ3v) is 4.44. The fourth-order valence-electron chi connectivity index (χ4n) is 1.97. The summed E-state index contributed by atoms with van der Waals surface area (Å²) in [5.41, 5.74) is 2.42. The Labute approximate surface area is 89.5 Å². The molecule has 2 atom stereocenters. The average molecular weight is 208 g/mol. The first-order valence-electron chi connectivity index (χ1n) is 5.07. The molecule has 0 fully saturated rings. The van der Waals surface area contributed by atoms with Crippen LogP contribution in [0.5, 0.6) is 0 Å². The van der Waals surface area contributed by atoms with Crippen molar-refractivity contribution in [2.45, 2.75) is 31.0 Å². The SMILES string of the molecule is CC(C)C1SCc2ccccc2C1O. The molecule has 1 aliphatic rings. The van der Waals surface area contributed by atoms with Crippen molar-refractivity contribution in [3.05, 3.63) is 35.4 Å². The molecule has 14 heavy (non-hydrogen) atoms. The Morgan fingerprint density at radius 3 is 2.79 bits per heavy atom. The van der Waals surface area contributed by atoms with Crippen LogP contribution in [0.1, 0.15) is 31.1 Å². The third-order valence-electron chi connectivity index (χ3n) is 2.77. The number of hydrogen-bond donors (Lipinski definition) is 1. The van der Waals surface area contributed by atoms with Gasteiger partial charge in [-0.15, -0.1) is 0 Å². The van der Waals surface area contributed by atoms with Gasteiger partial charge in [-0.1, -0.05) is 38.1 Å². The lowest BCUT2D eigenvalue weighted by Gasteiger charge is -2.32. The maximum absolute atomic E-state index is 10.2. The van der Waals surface area contributed by atoms with Crippen molar-refractivity contribution in [1.82, 2.24) is 0 Å². The molecule has 0 radical (unpaired) electrons. The van der Waals surface area contributed by atoms with Gasteiger partial charge in [0.05, 0.1) is 6.10 Å². The molecule has 1 aliphatic heterocycles. The van der Waals surface area contributed by atoms with E-state index in [1.807, 2.05) is 23.9 Å². The molecule has 1 nitrogen and oxygen atoms in total. The fourth-order valence-corrected chi connectivity index (χ4v) is 3.31. The van der Waals surface area contributed by atoms with Gasteiger partial charge in [0.1, 0.15) is 0 Å². The van der Waals surface area contributed by atoms with Crippen LogP contribution < -0.4 is 0 Å². The largest absolute Gasteiger partial charge is 0.387 e. The van der Waals surface area contributed by atoms with Crippen LogP contribution in [0.3, 0.4) is 0 Å². The minimum absolute atomic E-state index is 0.287. The summed E-state index contributed by atoms with van der Waals surface area (Å²) >= 11 is 1.87. The molecular formula is C12H16OS. The second kappa shape index (κ2) is 3.95. The highest BCUT2D eigenvalue weighted by Crippen LogP contribution is 2.40. The number of hydrogen-bond acceptors (Lipinski definition) is 2. The number of thioether (sulfide) groups is 1. The highest BCUT2D eigenvalue weighted by Gasteiger charge is 2.29. The number of fused-ring (bicyclic) bond motifs is 1. The molecule has 0 spiro atoms. The Morgan fingerprint density at radius 1 is 1.36 bits per heavy atom. The molecule has 0 aliphatic carbocycles. The van der Waals surface area contributed by atoms with E-state index >= 15 is 0 Å². The molecule has 0 saturated carbocycles. The summed E-state index contributed by atoms with van der Waals surface area (Å²) in [6, 6.07) is 8.22. The third kappa shape index (κ3) is 1.69. The van der Waals surface area contributed by atoms with Crippen molar-refractivity contribution in [2.75, 3.05) is 0 Å². The molecule has 2 rings (SSSR count). The highest BCUT2D eigenvalue weighted by atomic mass is 32.2. The van der Waals surface area contributed by atoms with E-state index in [0.717, 1.165) is 11.3 Å². The van der Waals surface area contributed by atoms with Gasteiger partial charge in [0.25, 0.3) is 0 Å². The molecule has 1 heterocycles. The van der Waals surface area contributed by atoms with E-state index in [1.165, 1.54) is 5.56 Å². The molecule has 0 amide bonds. The van der Waals surface area contributed by atoms with E-state index in [0.29, 0.717) is 11.2 Å². The topological polar surface area (TPSA) is 20.2 Å². The van der Waals surface area contributed by atoms with E-state index < -0.39 is 0 Å². The summed E-state index contributed by atoms with van der Waals surface area (Å²) in [5, 5.41) is 10.5. The number of benzene rings is 1. The van der Waals surface area contributed by atoms with Gasteiger partial charge in [0.15, 0.2) is 0 Å². The van der Waals surface area contributed by atoms with E-state index in [4.69, 9.17) is 0 Å². The van der Waals surface area contributed by atoms with Crippen LogP contribution in [-0.4, -0.2) is 10.4 Å². The van der Waals surface area contributed by atoms with Crippen molar-refractivity contribution in [2.24, 2.45) is 5.92 Å². The molecule has 1 aromatic carbocycles. The van der Waals surface area contributed by atoms with Crippen molar-refractivity contribution in [3.8, 4) is 0 Å². The number of aliphatic hydroxyl groups is 1. The highest BCUT2D eigenvalue weighted by molar-refractivity contribution is 7.99. The number of rotatable bonds is 1. The second-order valence-electron chi connectivity index (χ2n) is 4.16. The van der Waals surface area contributed by atoms with Crippen LogP contribution >= 0.6 is 11.8 Å². The van der Waals surface area contributed by atoms with Gasteiger partial charge in [0, 0.05) is 11.0 Å². The van der Waals surface area contributed by atoms with Crippen LogP contribution in [0.2, 0.25) is 0 Å². The smallest absolute Gasteiger partial charge is 0.0914 e. The first-order chi connectivity index (χ1) is 6.70. The van der Waals surface area contributed by atoms with Crippen molar-refractivity contribution >= 4 is 11.8 Å². The normalized spacial score (nSPS) is 26.3. The monoisotopic (exact) mass is 208 g/mol. The van der Waals surface area contributed by atoms with Crippen molar-refractivity contribution in [1.29, 1.82) is 0 Å². The Kier molecular flexibility index (Phi) is 2.84. The van der Waals surface area contributed by atoms with Crippen LogP contribution in [0, 0.1) is 5.92 Å². The Hall–Kier alpha value is -0.470. The molecular weight excluding hydrogens is 192 g/mol. The standard InChI is InChI=1S/C12H16OS/c1-8(2)12-11(13)10-6-4-3-5-9(10)7-14-12/h3-6,8,11-13H,7H2,1-2H3. The fraction of sp³-hybridized carbons (Fsp3) is 0.500. The van der Waals surface area contributed by atoms with Gasteiger partial charge >= 0.3 is 0 Å². The maximum atomic E-state index is 10.2. The van der Waals surface area contributed by atoms with Gasteiger partial charge in [-0.2, -0.15) is 11.8 Å². The maximum Gasteiger partial charge on any atom is 0.0914 e. The first-order valence-corrected chi connectivity index (χ1v) is 6.12. The predicted molar refractivity (Wildman–Crippen MR) is 61.3 cm³/mol. The Morgan fingerprint density at radius 2 is 2.07 bits per heavy atom. The first kappa shape index (κ1) is 10.1. The van der Waals surface area contributed by atoms with Crippen LogP contribution in [0.4, 0.5) is 0 Å². The molecule has 1 N–H and O–H groups in total. The van der Waals surface area contributed by atoms with E-state index in [-0.39, 0.29) is 6.10 Å². The molecule has 2 unspecified atom stereocenters. The van der Waals surface area contributed by atoms with Crippen LogP contribution in [0.25, 0.3) is 0 Å². The summed E-state index contributed by atoms with van der Waals surface area (Å²) in [6.45, 7) is 4.35. The minimum atomic E-state index is -0.287. The Balaban J connectivity index is 2.31. The van der Waals surface area contributed by atoms with E-state index in [1.54, 1.807) is 0 Å². The van der Waals surface area contributed by atoms with Gasteiger partial charge < -0.3 is 5.11 Å². The van der Waals surface area contributed by atoms with Gasteiger partial charge in [-0.3, -0.25) is 0 Å². The average Bonchev–Trinajstić information content (AvgIpc) is 2.18. The molecule has 76 valence electrons. The Bertz CT molecular complexity index is 322. The van der Waals surface area contributed by atoms with Crippen LogP contribution in [-0.2, 0) is 5.75 Å². The lowest BCUT2D eigenvalue weighted by Crippen LogP contribution is -2.25. The predicted octanol–water partition coefficient (Wildman–Crippen LogP) is 2.99. The molecule has 0 bridgehead atoms. The summed E-state index contributed by atoms with van der Waals surface area (Å²) in [6.07, 6.45) is -0.287. The number of aliphatic hydroxyl groups excluding tert-OH is 1. The zero-order valence-corrected chi connectivity index (χ0v) is 9.42. The summed E-state index contributed by atoms with van der Waals surface area (Å²) in [4.78, 5) is 0. The molecule has 1 aromatic rings. The lowest BCUT2D eigenvalue weighted by atomic mass is 9.95. The quantitative estimate of drug-likeness (QED) is 0.765. The molecule has 0 aromatic heterocycles. The van der Waals surface area contributed by atoms with Crippen molar-refractivity contribution < 1.29 is 5.11 Å². The lowest BCUT2D eigenvalue weighted by molar-refractivity contribution is 0.156. The second-order valence-corrected chi connectivity index (χ2v) is 5.33. The van der Waals surface area contributed by atoms with E-state index in [9.17, 15) is 5.11 Å². The molecule has 2 heteroatoms. The molecule has 0 saturated heterocycles. The van der Waals surface area contributed by atoms with E-state index in [2.05, 4.69) is 26.0 Å². The minimum Gasteiger partial charge on any atom is -0.387 e. The zero-order valence-electron chi connectivity index (χ0n) is 8.60. The summed E-state index contributed by atoms with van der Waals surface area (Å²) in [5.74, 6) is 1.57. The van der Waals surface area contributed by atoms with Crippen molar-refractivity contribution in [3.63, 3.8) is 0 Å². The van der Waals surface area contributed by atoms with Gasteiger partial charge in [-0.05, 0) is 17.0 Å². The van der Waals surface area contributed by atoms with Gasteiger partial charge in [0.2, 0.25) is 0 Å². The summed E-state index contributed by atoms with van der Waals surface area (Å²) in [7, 11) is 0. The summed E-state index contributed by atoms with van der Waals surface area (Å²) < 4.78 is 0. The zero-order chi connectivity index (χ0) is 10.1. The van der Waals surface area contributed by atoms with Crippen LogP contribution in [0.15, 0.2) is 24.3 Å².